The highest BCUT2D eigenvalue weighted by Gasteiger charge is 2.56. The van der Waals surface area contributed by atoms with Crippen molar-refractivity contribution in [3.63, 3.8) is 0 Å². The third kappa shape index (κ3) is 2.45. The van der Waals surface area contributed by atoms with Gasteiger partial charge < -0.3 is 13.9 Å². The Balaban J connectivity index is 2.63. The fraction of sp³-hybridized carbons (Fsp3) is 0.529. The highest BCUT2D eigenvalue weighted by molar-refractivity contribution is 6.00. The van der Waals surface area contributed by atoms with Crippen LogP contribution in [0.4, 0.5) is 0 Å². The SMILES string of the molecule is CCOC(=O)C1C(=C(C)C)C(=O)OC1(C)c1cc(C)oc1C. The Morgan fingerprint density at radius 1 is 1.36 bits per heavy atom. The van der Waals surface area contributed by atoms with Crippen LogP contribution < -0.4 is 0 Å². The van der Waals surface area contributed by atoms with Gasteiger partial charge >= 0.3 is 11.9 Å². The lowest BCUT2D eigenvalue weighted by atomic mass is 9.79. The monoisotopic (exact) mass is 306 g/mol. The van der Waals surface area contributed by atoms with Crippen LogP contribution in [-0.4, -0.2) is 18.5 Å². The van der Waals surface area contributed by atoms with E-state index in [1.165, 1.54) is 0 Å². The molecule has 1 aromatic heterocycles. The first kappa shape index (κ1) is 16.3. The van der Waals surface area contributed by atoms with Crippen molar-refractivity contribution in [2.24, 2.45) is 5.92 Å². The van der Waals surface area contributed by atoms with Gasteiger partial charge in [0.1, 0.15) is 17.4 Å². The Bertz CT molecular complexity index is 648. The molecule has 0 amide bonds. The van der Waals surface area contributed by atoms with E-state index in [1.54, 1.807) is 34.6 Å². The van der Waals surface area contributed by atoms with Gasteiger partial charge in [0.15, 0.2) is 5.60 Å². The van der Waals surface area contributed by atoms with E-state index in [-0.39, 0.29) is 6.61 Å². The normalized spacial score (nSPS) is 24.4. The van der Waals surface area contributed by atoms with E-state index >= 15 is 0 Å². The quantitative estimate of drug-likeness (QED) is 0.634. The maximum Gasteiger partial charge on any atom is 0.335 e. The van der Waals surface area contributed by atoms with Crippen LogP contribution in [0.1, 0.15) is 44.8 Å². The Morgan fingerprint density at radius 2 is 2.00 bits per heavy atom. The molecule has 2 heterocycles. The maximum atomic E-state index is 12.5. The van der Waals surface area contributed by atoms with Crippen LogP contribution in [0.2, 0.25) is 0 Å². The molecule has 0 aromatic carbocycles. The Labute approximate surface area is 130 Å². The van der Waals surface area contributed by atoms with Gasteiger partial charge in [-0.15, -0.1) is 0 Å². The molecule has 2 unspecified atom stereocenters. The molecule has 1 saturated heterocycles. The Hall–Kier alpha value is -2.04. The minimum absolute atomic E-state index is 0.249. The molecule has 1 aromatic rings. The fourth-order valence-electron chi connectivity index (χ4n) is 3.10. The highest BCUT2D eigenvalue weighted by atomic mass is 16.6. The highest BCUT2D eigenvalue weighted by Crippen LogP contribution is 2.47. The first-order valence-electron chi connectivity index (χ1n) is 7.37. The van der Waals surface area contributed by atoms with Crippen molar-refractivity contribution in [3.8, 4) is 0 Å². The predicted octanol–water partition coefficient (Wildman–Crippen LogP) is 3.18. The van der Waals surface area contributed by atoms with Crippen molar-refractivity contribution >= 4 is 11.9 Å². The second kappa shape index (κ2) is 5.63. The molecule has 0 N–H and O–H groups in total. The van der Waals surface area contributed by atoms with E-state index in [1.807, 2.05) is 13.0 Å². The van der Waals surface area contributed by atoms with Crippen molar-refractivity contribution in [2.75, 3.05) is 6.61 Å². The minimum Gasteiger partial charge on any atom is -0.466 e. The van der Waals surface area contributed by atoms with Gasteiger partial charge in [-0.2, -0.15) is 0 Å². The summed E-state index contributed by atoms with van der Waals surface area (Å²) >= 11 is 0. The fourth-order valence-corrected chi connectivity index (χ4v) is 3.10. The molecule has 1 aliphatic heterocycles. The van der Waals surface area contributed by atoms with E-state index in [9.17, 15) is 9.59 Å². The number of hydrogen-bond donors (Lipinski definition) is 0. The smallest absolute Gasteiger partial charge is 0.335 e. The molecule has 0 bridgehead atoms. The summed E-state index contributed by atoms with van der Waals surface area (Å²) in [5.41, 5.74) is 0.717. The molecule has 2 atom stereocenters. The van der Waals surface area contributed by atoms with Crippen molar-refractivity contribution in [1.29, 1.82) is 0 Å². The molecule has 22 heavy (non-hydrogen) atoms. The number of ether oxygens (including phenoxy) is 2. The summed E-state index contributed by atoms with van der Waals surface area (Å²) in [6.07, 6.45) is 0. The number of carbonyl (C=O) groups is 2. The third-order valence-corrected chi connectivity index (χ3v) is 4.00. The topological polar surface area (TPSA) is 65.7 Å². The number of carbonyl (C=O) groups excluding carboxylic acids is 2. The van der Waals surface area contributed by atoms with Crippen molar-refractivity contribution < 1.29 is 23.5 Å². The average molecular weight is 306 g/mol. The zero-order chi connectivity index (χ0) is 16.7. The molecule has 2 rings (SSSR count). The van der Waals surface area contributed by atoms with Crippen LogP contribution in [0.5, 0.6) is 0 Å². The van der Waals surface area contributed by atoms with Crippen LogP contribution in [0.3, 0.4) is 0 Å². The molecule has 1 aliphatic rings. The molecule has 0 aliphatic carbocycles. The van der Waals surface area contributed by atoms with Crippen LogP contribution in [0.15, 0.2) is 21.6 Å². The van der Waals surface area contributed by atoms with Crippen molar-refractivity contribution in [1.82, 2.24) is 0 Å². The van der Waals surface area contributed by atoms with E-state index in [0.717, 1.165) is 5.57 Å². The van der Waals surface area contributed by atoms with Gasteiger partial charge in [0.05, 0.1) is 12.2 Å². The number of allylic oxidation sites excluding steroid dienone is 1. The van der Waals surface area contributed by atoms with Gasteiger partial charge in [-0.05, 0) is 47.6 Å². The van der Waals surface area contributed by atoms with Crippen molar-refractivity contribution in [3.05, 3.63) is 34.3 Å². The summed E-state index contributed by atoms with van der Waals surface area (Å²) in [5, 5.41) is 0. The third-order valence-electron chi connectivity index (χ3n) is 4.00. The molecule has 0 spiro atoms. The summed E-state index contributed by atoms with van der Waals surface area (Å²) in [7, 11) is 0. The number of rotatable bonds is 3. The van der Waals surface area contributed by atoms with Crippen LogP contribution in [-0.2, 0) is 24.7 Å². The lowest BCUT2D eigenvalue weighted by molar-refractivity contribution is -0.157. The molecular weight excluding hydrogens is 284 g/mol. The Kier molecular flexibility index (Phi) is 4.18. The van der Waals surface area contributed by atoms with E-state index in [4.69, 9.17) is 13.9 Å². The number of furan rings is 1. The zero-order valence-corrected chi connectivity index (χ0v) is 13.9. The molecule has 0 radical (unpaired) electrons. The van der Waals surface area contributed by atoms with E-state index in [2.05, 4.69) is 0 Å². The molecular formula is C17H22O5. The molecule has 120 valence electrons. The summed E-state index contributed by atoms with van der Waals surface area (Å²) in [5.74, 6) is -0.375. The van der Waals surface area contributed by atoms with Crippen LogP contribution in [0, 0.1) is 19.8 Å². The first-order chi connectivity index (χ1) is 10.2. The number of aryl methyl sites for hydroxylation is 2. The van der Waals surface area contributed by atoms with Gasteiger partial charge in [-0.1, -0.05) is 5.57 Å². The molecule has 5 nitrogen and oxygen atoms in total. The van der Waals surface area contributed by atoms with Crippen LogP contribution >= 0.6 is 0 Å². The number of cyclic esters (lactones) is 1. The summed E-state index contributed by atoms with van der Waals surface area (Å²) in [4.78, 5) is 24.8. The summed E-state index contributed by atoms with van der Waals surface area (Å²) in [6, 6.07) is 1.81. The summed E-state index contributed by atoms with van der Waals surface area (Å²) < 4.78 is 16.4. The zero-order valence-electron chi connectivity index (χ0n) is 13.9. The maximum absolute atomic E-state index is 12.5. The minimum atomic E-state index is -1.11. The van der Waals surface area contributed by atoms with Gasteiger partial charge in [-0.3, -0.25) is 4.79 Å². The van der Waals surface area contributed by atoms with E-state index < -0.39 is 23.5 Å². The first-order valence-corrected chi connectivity index (χ1v) is 7.37. The van der Waals surface area contributed by atoms with Gasteiger partial charge in [0.25, 0.3) is 0 Å². The van der Waals surface area contributed by atoms with Crippen LogP contribution in [0.25, 0.3) is 0 Å². The lowest BCUT2D eigenvalue weighted by Gasteiger charge is -2.27. The molecule has 5 heteroatoms. The lowest BCUT2D eigenvalue weighted by Crippen LogP contribution is -2.36. The summed E-state index contributed by atoms with van der Waals surface area (Å²) in [6.45, 7) is 10.9. The van der Waals surface area contributed by atoms with E-state index in [0.29, 0.717) is 22.7 Å². The van der Waals surface area contributed by atoms with Crippen molar-refractivity contribution in [2.45, 2.75) is 47.1 Å². The second-order valence-corrected chi connectivity index (χ2v) is 5.92. The largest absolute Gasteiger partial charge is 0.466 e. The molecule has 1 fully saturated rings. The van der Waals surface area contributed by atoms with Gasteiger partial charge in [0.2, 0.25) is 0 Å². The number of esters is 2. The predicted molar refractivity (Wildman–Crippen MR) is 80.1 cm³/mol. The average Bonchev–Trinajstić information content (AvgIpc) is 2.87. The Morgan fingerprint density at radius 3 is 2.45 bits per heavy atom. The van der Waals surface area contributed by atoms with Gasteiger partial charge in [-0.25, -0.2) is 4.79 Å². The second-order valence-electron chi connectivity index (χ2n) is 5.92. The molecule has 0 saturated carbocycles. The standard InChI is InChI=1S/C17H22O5/c1-7-20-16(19)14-13(9(2)3)15(18)22-17(14,6)12-8-10(4)21-11(12)5/h8,14H,7H2,1-6H3. The number of hydrogen-bond acceptors (Lipinski definition) is 5. The van der Waals surface area contributed by atoms with Gasteiger partial charge in [0, 0.05) is 5.56 Å².